The lowest BCUT2D eigenvalue weighted by Gasteiger charge is -2.12. The van der Waals surface area contributed by atoms with Gasteiger partial charge in [-0.15, -0.1) is 0 Å². The number of ether oxygens (including phenoxy) is 1. The van der Waals surface area contributed by atoms with Crippen LogP contribution in [0.4, 0.5) is 13.2 Å². The molecule has 2 N–H and O–H groups in total. The number of hydrogen-bond donors (Lipinski definition) is 2. The highest BCUT2D eigenvalue weighted by Crippen LogP contribution is 2.30. The monoisotopic (exact) mass is 255 g/mol. The van der Waals surface area contributed by atoms with Crippen molar-refractivity contribution in [3.63, 3.8) is 0 Å². The number of nitrogens with zero attached hydrogens (tertiary/aromatic N) is 1. The lowest BCUT2D eigenvalue weighted by atomic mass is 9.80. The minimum atomic E-state index is -4.72. The van der Waals surface area contributed by atoms with Crippen molar-refractivity contribution in [2.24, 2.45) is 0 Å². The predicted molar refractivity (Wildman–Crippen MR) is 50.6 cm³/mol. The van der Waals surface area contributed by atoms with Gasteiger partial charge in [0.2, 0.25) is 5.88 Å². The van der Waals surface area contributed by atoms with E-state index in [0.717, 1.165) is 7.11 Å². The van der Waals surface area contributed by atoms with Crippen LogP contribution in [0.5, 0.6) is 5.88 Å². The molecule has 1 rings (SSSR count). The largest absolute Gasteiger partial charge is 0.490 e. The van der Waals surface area contributed by atoms with E-state index in [2.05, 4.69) is 9.72 Å². The molecule has 0 amide bonds. The number of pyridine rings is 1. The Morgan fingerprint density at radius 3 is 2.38 bits per heavy atom. The Hall–Kier alpha value is -0.985. The lowest BCUT2D eigenvalue weighted by molar-refractivity contribution is -0.141. The molecular formula is C7H6BClF3NO3. The topological polar surface area (TPSA) is 62.6 Å². The van der Waals surface area contributed by atoms with Gasteiger partial charge < -0.3 is 14.8 Å². The highest BCUT2D eigenvalue weighted by atomic mass is 35.5. The van der Waals surface area contributed by atoms with Crippen molar-refractivity contribution in [1.29, 1.82) is 0 Å². The van der Waals surface area contributed by atoms with Gasteiger partial charge in [-0.1, -0.05) is 11.6 Å². The zero-order chi connectivity index (χ0) is 12.5. The van der Waals surface area contributed by atoms with Crippen molar-refractivity contribution in [1.82, 2.24) is 4.98 Å². The Morgan fingerprint density at radius 2 is 2.00 bits per heavy atom. The highest BCUT2D eigenvalue weighted by molar-refractivity contribution is 6.63. The third-order valence-corrected chi connectivity index (χ3v) is 2.10. The lowest BCUT2D eigenvalue weighted by Crippen LogP contribution is -2.33. The quantitative estimate of drug-likeness (QED) is 0.753. The summed E-state index contributed by atoms with van der Waals surface area (Å²) in [5.41, 5.74) is -1.82. The fourth-order valence-corrected chi connectivity index (χ4v) is 1.26. The summed E-state index contributed by atoms with van der Waals surface area (Å²) in [7, 11) is -1.06. The average molecular weight is 255 g/mol. The number of alkyl halides is 3. The smallest absolute Gasteiger partial charge is 0.480 e. The van der Waals surface area contributed by atoms with E-state index in [1.54, 1.807) is 0 Å². The number of methoxy groups -OCH3 is 1. The van der Waals surface area contributed by atoms with Crippen molar-refractivity contribution >= 4 is 24.2 Å². The standard InChI is InChI=1S/C7H6BClF3NO3/c1-16-6-5(9)3(8(14)15)2-4(13-6)7(10,11)12/h2,14-15H,1H3. The molecule has 0 saturated carbocycles. The van der Waals surface area contributed by atoms with Gasteiger partial charge in [0.1, 0.15) is 10.7 Å². The number of rotatable bonds is 2. The molecule has 0 aliphatic rings. The average Bonchev–Trinajstić information content (AvgIpc) is 2.15. The number of halogens is 4. The Bertz CT molecular complexity index is 399. The van der Waals surface area contributed by atoms with E-state index < -0.39 is 30.3 Å². The molecule has 1 aromatic rings. The molecule has 0 aromatic carbocycles. The zero-order valence-electron chi connectivity index (χ0n) is 7.92. The van der Waals surface area contributed by atoms with Crippen molar-refractivity contribution in [2.75, 3.05) is 7.11 Å². The van der Waals surface area contributed by atoms with Crippen LogP contribution in [-0.4, -0.2) is 29.3 Å². The molecule has 1 heterocycles. The second kappa shape index (κ2) is 4.48. The first-order valence-electron chi connectivity index (χ1n) is 3.95. The van der Waals surface area contributed by atoms with Crippen LogP contribution in [0, 0.1) is 0 Å². The van der Waals surface area contributed by atoms with E-state index in [-0.39, 0.29) is 5.02 Å². The van der Waals surface area contributed by atoms with Gasteiger partial charge >= 0.3 is 13.3 Å². The van der Waals surface area contributed by atoms with Gasteiger partial charge in [-0.2, -0.15) is 13.2 Å². The van der Waals surface area contributed by atoms with Gasteiger partial charge in [-0.05, 0) is 6.07 Å². The highest BCUT2D eigenvalue weighted by Gasteiger charge is 2.35. The summed E-state index contributed by atoms with van der Waals surface area (Å²) in [5, 5.41) is 17.3. The van der Waals surface area contributed by atoms with Crippen LogP contribution in [0.3, 0.4) is 0 Å². The molecule has 0 unspecified atom stereocenters. The van der Waals surface area contributed by atoms with Crippen molar-refractivity contribution in [3.05, 3.63) is 16.8 Å². The van der Waals surface area contributed by atoms with Crippen LogP contribution in [-0.2, 0) is 6.18 Å². The summed E-state index contributed by atoms with van der Waals surface area (Å²) in [6.07, 6.45) is -4.72. The molecule has 0 aliphatic heterocycles. The van der Waals surface area contributed by atoms with Crippen LogP contribution < -0.4 is 10.2 Å². The maximum absolute atomic E-state index is 12.4. The molecule has 4 nitrogen and oxygen atoms in total. The molecule has 0 radical (unpaired) electrons. The van der Waals surface area contributed by atoms with Crippen LogP contribution in [0.2, 0.25) is 5.02 Å². The summed E-state index contributed by atoms with van der Waals surface area (Å²) in [6, 6.07) is 0.454. The third-order valence-electron chi connectivity index (χ3n) is 1.72. The minimum absolute atomic E-state index is 0.370. The fourth-order valence-electron chi connectivity index (χ4n) is 0.993. The first-order chi connectivity index (χ1) is 7.27. The summed E-state index contributed by atoms with van der Waals surface area (Å²) in [6.45, 7) is 0. The molecule has 0 saturated heterocycles. The summed E-state index contributed by atoms with van der Waals surface area (Å²) in [4.78, 5) is 3.10. The molecule has 0 fully saturated rings. The van der Waals surface area contributed by atoms with Crippen LogP contribution in [0.15, 0.2) is 6.07 Å². The third kappa shape index (κ3) is 2.57. The second-order valence-electron chi connectivity index (χ2n) is 2.79. The van der Waals surface area contributed by atoms with Crippen LogP contribution in [0.25, 0.3) is 0 Å². The Morgan fingerprint density at radius 1 is 1.44 bits per heavy atom. The van der Waals surface area contributed by atoms with Crippen molar-refractivity contribution in [2.45, 2.75) is 6.18 Å². The number of aromatic nitrogens is 1. The molecular weight excluding hydrogens is 249 g/mol. The molecule has 0 aliphatic carbocycles. The van der Waals surface area contributed by atoms with E-state index in [4.69, 9.17) is 21.6 Å². The van der Waals surface area contributed by atoms with Gasteiger partial charge in [0.15, 0.2) is 0 Å². The Kier molecular flexibility index (Phi) is 3.66. The normalized spacial score (nSPS) is 11.4. The first kappa shape index (κ1) is 13.1. The van der Waals surface area contributed by atoms with Crippen molar-refractivity contribution < 1.29 is 28.0 Å². The second-order valence-corrected chi connectivity index (χ2v) is 3.17. The number of hydrogen-bond acceptors (Lipinski definition) is 4. The van der Waals surface area contributed by atoms with Crippen LogP contribution in [0.1, 0.15) is 5.69 Å². The molecule has 9 heteroatoms. The Balaban J connectivity index is 3.40. The van der Waals surface area contributed by atoms with E-state index in [0.29, 0.717) is 6.07 Å². The molecule has 0 atom stereocenters. The molecule has 0 spiro atoms. The van der Waals surface area contributed by atoms with E-state index in [1.807, 2.05) is 0 Å². The van der Waals surface area contributed by atoms with Gasteiger partial charge in [0.25, 0.3) is 0 Å². The maximum atomic E-state index is 12.4. The van der Waals surface area contributed by atoms with Gasteiger partial charge in [0, 0.05) is 5.46 Å². The van der Waals surface area contributed by atoms with Gasteiger partial charge in [-0.3, -0.25) is 0 Å². The SMILES string of the molecule is COc1nc(C(F)(F)F)cc(B(O)O)c1Cl. The summed E-state index contributed by atoms with van der Waals surface area (Å²) < 4.78 is 41.6. The minimum Gasteiger partial charge on any atom is -0.480 e. The fraction of sp³-hybridized carbons (Fsp3) is 0.286. The molecule has 88 valence electrons. The summed E-state index contributed by atoms with van der Waals surface area (Å²) in [5.74, 6) is -0.514. The van der Waals surface area contributed by atoms with E-state index in [1.165, 1.54) is 0 Å². The predicted octanol–water partition coefficient (Wildman–Crippen LogP) is 0.442. The van der Waals surface area contributed by atoms with Gasteiger partial charge in [-0.25, -0.2) is 4.98 Å². The maximum Gasteiger partial charge on any atom is 0.490 e. The molecule has 16 heavy (non-hydrogen) atoms. The van der Waals surface area contributed by atoms with Crippen molar-refractivity contribution in [3.8, 4) is 5.88 Å². The first-order valence-corrected chi connectivity index (χ1v) is 4.33. The zero-order valence-corrected chi connectivity index (χ0v) is 8.67. The van der Waals surface area contributed by atoms with E-state index >= 15 is 0 Å². The summed E-state index contributed by atoms with van der Waals surface area (Å²) >= 11 is 5.55. The Labute approximate surface area is 93.8 Å². The molecule has 1 aromatic heterocycles. The van der Waals surface area contributed by atoms with Gasteiger partial charge in [0.05, 0.1) is 7.11 Å². The van der Waals surface area contributed by atoms with Crippen LogP contribution >= 0.6 is 11.6 Å². The van der Waals surface area contributed by atoms with E-state index in [9.17, 15) is 13.2 Å². The molecule has 0 bridgehead atoms.